The van der Waals surface area contributed by atoms with E-state index in [1.165, 1.54) is 6.92 Å². The van der Waals surface area contributed by atoms with E-state index in [0.717, 1.165) is 5.56 Å². The van der Waals surface area contributed by atoms with Crippen LogP contribution in [0.4, 0.5) is 0 Å². The van der Waals surface area contributed by atoms with Gasteiger partial charge in [0.25, 0.3) is 0 Å². The minimum absolute atomic E-state index is 0.255. The fourth-order valence-corrected chi connectivity index (χ4v) is 1.58. The molecule has 1 aliphatic heterocycles. The molecule has 0 amide bonds. The second-order valence-corrected chi connectivity index (χ2v) is 3.72. The summed E-state index contributed by atoms with van der Waals surface area (Å²) in [6, 6.07) is 6.95. The Hall–Kier alpha value is -2.10. The first kappa shape index (κ1) is 11.4. The van der Waals surface area contributed by atoms with E-state index in [2.05, 4.69) is 0 Å². The molecule has 0 spiro atoms. The lowest BCUT2D eigenvalue weighted by Crippen LogP contribution is -2.00. The van der Waals surface area contributed by atoms with Crippen molar-refractivity contribution in [1.29, 1.82) is 0 Å². The highest BCUT2D eigenvalue weighted by Crippen LogP contribution is 2.19. The predicted molar refractivity (Wildman–Crippen MR) is 61.3 cm³/mol. The largest absolute Gasteiger partial charge is 0.462 e. The highest BCUT2D eigenvalue weighted by molar-refractivity contribution is 5.95. The Morgan fingerprint density at radius 2 is 2.06 bits per heavy atom. The zero-order valence-electron chi connectivity index (χ0n) is 9.43. The van der Waals surface area contributed by atoms with Crippen LogP contribution in [0.3, 0.4) is 0 Å². The van der Waals surface area contributed by atoms with Crippen LogP contribution in [0, 0.1) is 0 Å². The van der Waals surface area contributed by atoms with Crippen molar-refractivity contribution < 1.29 is 19.1 Å². The van der Waals surface area contributed by atoms with Crippen LogP contribution < -0.4 is 4.74 Å². The molecule has 4 heteroatoms. The summed E-state index contributed by atoms with van der Waals surface area (Å²) in [5.74, 6) is -0.113. The van der Waals surface area contributed by atoms with Gasteiger partial charge < -0.3 is 9.47 Å². The van der Waals surface area contributed by atoms with Gasteiger partial charge in [0.1, 0.15) is 5.75 Å². The first-order valence-electron chi connectivity index (χ1n) is 5.31. The molecule has 88 valence electrons. The minimum Gasteiger partial charge on any atom is -0.462 e. The van der Waals surface area contributed by atoms with E-state index in [1.54, 1.807) is 30.3 Å². The van der Waals surface area contributed by atoms with Crippen molar-refractivity contribution in [2.45, 2.75) is 13.3 Å². The molecular formula is C13H12O4. The van der Waals surface area contributed by atoms with Gasteiger partial charge in [-0.1, -0.05) is 12.1 Å². The lowest BCUT2D eigenvalue weighted by Gasteiger charge is -2.01. The number of cyclic esters (lactones) is 1. The highest BCUT2D eigenvalue weighted by Gasteiger charge is 2.18. The maximum absolute atomic E-state index is 11.2. The number of hydrogen-bond acceptors (Lipinski definition) is 4. The third-order valence-corrected chi connectivity index (χ3v) is 2.35. The van der Waals surface area contributed by atoms with Crippen LogP contribution in [0.2, 0.25) is 0 Å². The molecule has 1 aromatic carbocycles. The Labute approximate surface area is 98.8 Å². The molecule has 0 aromatic heterocycles. The maximum Gasteiger partial charge on any atom is 0.334 e. The van der Waals surface area contributed by atoms with Crippen molar-refractivity contribution in [2.75, 3.05) is 6.61 Å². The third kappa shape index (κ3) is 2.93. The molecule has 0 N–H and O–H groups in total. The third-order valence-electron chi connectivity index (χ3n) is 2.35. The summed E-state index contributed by atoms with van der Waals surface area (Å²) < 4.78 is 9.75. The number of hydrogen-bond donors (Lipinski definition) is 0. The molecular weight excluding hydrogens is 220 g/mol. The van der Waals surface area contributed by atoms with E-state index in [1.807, 2.05) is 0 Å². The molecule has 4 nitrogen and oxygen atoms in total. The fourth-order valence-electron chi connectivity index (χ4n) is 1.58. The van der Waals surface area contributed by atoms with Crippen molar-refractivity contribution in [3.8, 4) is 5.75 Å². The molecule has 2 rings (SSSR count). The molecule has 0 saturated carbocycles. The van der Waals surface area contributed by atoms with Gasteiger partial charge in [-0.05, 0) is 23.8 Å². The van der Waals surface area contributed by atoms with Gasteiger partial charge >= 0.3 is 11.9 Å². The van der Waals surface area contributed by atoms with Gasteiger partial charge in [-0.3, -0.25) is 4.79 Å². The van der Waals surface area contributed by atoms with Crippen LogP contribution in [0.5, 0.6) is 5.75 Å². The zero-order valence-corrected chi connectivity index (χ0v) is 9.43. The summed E-state index contributed by atoms with van der Waals surface area (Å²) in [6.45, 7) is 1.81. The molecule has 0 bridgehead atoms. The lowest BCUT2D eigenvalue weighted by atomic mass is 10.1. The fraction of sp³-hybridized carbons (Fsp3) is 0.231. The van der Waals surface area contributed by atoms with Crippen LogP contribution in [-0.2, 0) is 14.3 Å². The molecule has 0 aliphatic carbocycles. The van der Waals surface area contributed by atoms with Crippen molar-refractivity contribution in [3.63, 3.8) is 0 Å². The van der Waals surface area contributed by atoms with Gasteiger partial charge in [0.15, 0.2) is 0 Å². The second-order valence-electron chi connectivity index (χ2n) is 3.72. The molecule has 1 aliphatic rings. The summed E-state index contributed by atoms with van der Waals surface area (Å²) in [5.41, 5.74) is 1.56. The number of esters is 2. The normalized spacial score (nSPS) is 17.0. The smallest absolute Gasteiger partial charge is 0.334 e. The Morgan fingerprint density at radius 3 is 2.59 bits per heavy atom. The Balaban J connectivity index is 2.13. The Kier molecular flexibility index (Phi) is 3.23. The summed E-state index contributed by atoms with van der Waals surface area (Å²) in [5, 5.41) is 0. The van der Waals surface area contributed by atoms with E-state index in [9.17, 15) is 9.59 Å². The maximum atomic E-state index is 11.2. The van der Waals surface area contributed by atoms with E-state index in [0.29, 0.717) is 24.4 Å². The van der Waals surface area contributed by atoms with E-state index < -0.39 is 0 Å². The van der Waals surface area contributed by atoms with Crippen LogP contribution >= 0.6 is 0 Å². The predicted octanol–water partition coefficient (Wildman–Crippen LogP) is 1.94. The quantitative estimate of drug-likeness (QED) is 0.444. The van der Waals surface area contributed by atoms with Crippen molar-refractivity contribution in [1.82, 2.24) is 0 Å². The van der Waals surface area contributed by atoms with Crippen molar-refractivity contribution in [2.24, 2.45) is 0 Å². The summed E-state index contributed by atoms with van der Waals surface area (Å²) in [4.78, 5) is 22.0. The summed E-state index contributed by atoms with van der Waals surface area (Å²) in [6.07, 6.45) is 2.43. The van der Waals surface area contributed by atoms with Crippen LogP contribution in [0.15, 0.2) is 29.8 Å². The van der Waals surface area contributed by atoms with E-state index in [-0.39, 0.29) is 11.9 Å². The number of carbonyl (C=O) groups is 2. The second kappa shape index (κ2) is 4.82. The van der Waals surface area contributed by atoms with Crippen molar-refractivity contribution in [3.05, 3.63) is 35.4 Å². The number of carbonyl (C=O) groups excluding carboxylic acids is 2. The molecule has 0 atom stereocenters. The molecule has 0 radical (unpaired) electrons. The van der Waals surface area contributed by atoms with Crippen molar-refractivity contribution >= 4 is 18.0 Å². The van der Waals surface area contributed by atoms with Gasteiger partial charge in [0.2, 0.25) is 0 Å². The molecule has 1 saturated heterocycles. The van der Waals surface area contributed by atoms with Crippen LogP contribution in [0.1, 0.15) is 18.9 Å². The molecule has 1 heterocycles. The Bertz CT molecular complexity index is 471. The molecule has 1 aromatic rings. The van der Waals surface area contributed by atoms with Gasteiger partial charge in [0, 0.05) is 18.9 Å². The average Bonchev–Trinajstić information content (AvgIpc) is 2.67. The van der Waals surface area contributed by atoms with Crippen LogP contribution in [-0.4, -0.2) is 18.5 Å². The van der Waals surface area contributed by atoms with E-state index in [4.69, 9.17) is 9.47 Å². The zero-order chi connectivity index (χ0) is 12.3. The summed E-state index contributed by atoms with van der Waals surface area (Å²) >= 11 is 0. The van der Waals surface area contributed by atoms with Gasteiger partial charge in [-0.2, -0.15) is 0 Å². The molecule has 17 heavy (non-hydrogen) atoms. The Morgan fingerprint density at radius 1 is 1.35 bits per heavy atom. The van der Waals surface area contributed by atoms with E-state index >= 15 is 0 Å². The lowest BCUT2D eigenvalue weighted by molar-refractivity contribution is -0.135. The highest BCUT2D eigenvalue weighted by atomic mass is 16.5. The first-order valence-corrected chi connectivity index (χ1v) is 5.31. The number of rotatable bonds is 2. The SMILES string of the molecule is CC(=O)Oc1ccc(/C=C2\CCOC2=O)cc1. The van der Waals surface area contributed by atoms with Gasteiger partial charge in [-0.25, -0.2) is 4.79 Å². The molecule has 0 unspecified atom stereocenters. The molecule has 1 fully saturated rings. The number of ether oxygens (including phenoxy) is 2. The standard InChI is InChI=1S/C13H12O4/c1-9(14)17-12-4-2-10(3-5-12)8-11-6-7-16-13(11)15/h2-5,8H,6-7H2,1H3/b11-8+. The van der Waals surface area contributed by atoms with Crippen LogP contribution in [0.25, 0.3) is 6.08 Å². The van der Waals surface area contributed by atoms with Gasteiger partial charge in [-0.15, -0.1) is 0 Å². The first-order chi connectivity index (χ1) is 8.15. The average molecular weight is 232 g/mol. The summed E-state index contributed by atoms with van der Waals surface area (Å²) in [7, 11) is 0. The van der Waals surface area contributed by atoms with Gasteiger partial charge in [0.05, 0.1) is 6.61 Å². The monoisotopic (exact) mass is 232 g/mol. The number of benzene rings is 1. The minimum atomic E-state index is -0.351. The topological polar surface area (TPSA) is 52.6 Å².